The Morgan fingerprint density at radius 1 is 1.41 bits per heavy atom. The Labute approximate surface area is 140 Å². The van der Waals surface area contributed by atoms with Gasteiger partial charge in [-0.2, -0.15) is 4.37 Å². The number of rotatable bonds is 5. The van der Waals surface area contributed by atoms with E-state index in [0.29, 0.717) is 11.4 Å². The van der Waals surface area contributed by atoms with E-state index in [0.717, 1.165) is 16.3 Å². The molecule has 1 amide bonds. The van der Waals surface area contributed by atoms with Crippen molar-refractivity contribution in [3.05, 3.63) is 35.4 Å². The van der Waals surface area contributed by atoms with Gasteiger partial charge in [0.1, 0.15) is 5.00 Å². The lowest BCUT2D eigenvalue weighted by Crippen LogP contribution is -2.31. The summed E-state index contributed by atoms with van der Waals surface area (Å²) in [5.74, 6) is 2.86. The summed E-state index contributed by atoms with van der Waals surface area (Å²) in [4.78, 5) is 13.9. The van der Waals surface area contributed by atoms with Crippen LogP contribution in [0.2, 0.25) is 5.02 Å². The molecule has 0 fully saturated rings. The van der Waals surface area contributed by atoms with Gasteiger partial charge in [0.25, 0.3) is 0 Å². The van der Waals surface area contributed by atoms with E-state index in [-0.39, 0.29) is 18.4 Å². The van der Waals surface area contributed by atoms with Gasteiger partial charge in [-0.05, 0) is 29.6 Å². The molecule has 3 nitrogen and oxygen atoms in total. The van der Waals surface area contributed by atoms with Crippen LogP contribution in [0.5, 0.6) is 0 Å². The Balaban J connectivity index is 2.25. The van der Waals surface area contributed by atoms with Crippen molar-refractivity contribution in [3.8, 4) is 23.6 Å². The first-order valence-electron chi connectivity index (χ1n) is 6.97. The number of hydrogen-bond donors (Lipinski definition) is 0. The van der Waals surface area contributed by atoms with E-state index < -0.39 is 0 Å². The van der Waals surface area contributed by atoms with Crippen LogP contribution in [0.15, 0.2) is 30.3 Å². The molecule has 22 heavy (non-hydrogen) atoms. The van der Waals surface area contributed by atoms with Crippen LogP contribution >= 0.6 is 23.1 Å². The molecule has 1 aromatic heterocycles. The lowest BCUT2D eigenvalue weighted by Gasteiger charge is -2.18. The predicted molar refractivity (Wildman–Crippen MR) is 93.2 cm³/mol. The summed E-state index contributed by atoms with van der Waals surface area (Å²) >= 11 is 7.17. The molecule has 2 aromatic rings. The summed E-state index contributed by atoms with van der Waals surface area (Å²) in [7, 11) is 0. The van der Waals surface area contributed by atoms with E-state index in [4.69, 9.17) is 18.0 Å². The third-order valence-electron chi connectivity index (χ3n) is 3.04. The van der Waals surface area contributed by atoms with Gasteiger partial charge < -0.3 is 0 Å². The molecular formula is C17H17ClN2OS. The molecule has 0 N–H and O–H groups in total. The van der Waals surface area contributed by atoms with Gasteiger partial charge in [0.05, 0.1) is 12.2 Å². The molecule has 0 saturated carbocycles. The minimum Gasteiger partial charge on any atom is -0.291 e. The molecule has 5 heteroatoms. The van der Waals surface area contributed by atoms with Gasteiger partial charge in [0.15, 0.2) is 0 Å². The van der Waals surface area contributed by atoms with Crippen molar-refractivity contribution in [1.82, 2.24) is 4.37 Å². The summed E-state index contributed by atoms with van der Waals surface area (Å²) < 4.78 is 4.42. The summed E-state index contributed by atoms with van der Waals surface area (Å²) in [6.45, 7) is 4.28. The standard InChI is InChI=1S/C17H17ClN2OS/c1-4-9-20(16(21)10-12(2)3)17-11-15(19-22-17)13-5-7-14(18)8-6-13/h1,5-8,11-12H,9-10H2,2-3H3. The maximum atomic E-state index is 12.3. The summed E-state index contributed by atoms with van der Waals surface area (Å²) in [6.07, 6.45) is 5.86. The minimum atomic E-state index is 0.0271. The zero-order chi connectivity index (χ0) is 16.1. The first kappa shape index (κ1) is 16.5. The maximum Gasteiger partial charge on any atom is 0.228 e. The topological polar surface area (TPSA) is 33.2 Å². The van der Waals surface area contributed by atoms with Crippen LogP contribution in [0.25, 0.3) is 11.3 Å². The fourth-order valence-electron chi connectivity index (χ4n) is 1.99. The van der Waals surface area contributed by atoms with Gasteiger partial charge in [0.2, 0.25) is 5.91 Å². The van der Waals surface area contributed by atoms with Crippen LogP contribution in [-0.4, -0.2) is 16.8 Å². The number of halogens is 1. The molecule has 0 aliphatic rings. The molecule has 1 heterocycles. The second-order valence-corrected chi connectivity index (χ2v) is 6.56. The number of carbonyl (C=O) groups excluding carboxylic acids is 1. The number of anilines is 1. The molecule has 0 spiro atoms. The second kappa shape index (κ2) is 7.44. The molecule has 0 atom stereocenters. The Morgan fingerprint density at radius 2 is 2.09 bits per heavy atom. The van der Waals surface area contributed by atoms with Crippen molar-refractivity contribution in [3.63, 3.8) is 0 Å². The van der Waals surface area contributed by atoms with Crippen LogP contribution in [0.4, 0.5) is 5.00 Å². The van der Waals surface area contributed by atoms with Crippen molar-refractivity contribution in [1.29, 1.82) is 0 Å². The van der Waals surface area contributed by atoms with E-state index in [1.54, 1.807) is 4.90 Å². The molecule has 0 radical (unpaired) electrons. The highest BCUT2D eigenvalue weighted by Crippen LogP contribution is 2.29. The highest BCUT2D eigenvalue weighted by molar-refractivity contribution is 7.10. The number of hydrogen-bond acceptors (Lipinski definition) is 3. The van der Waals surface area contributed by atoms with Crippen molar-refractivity contribution >= 4 is 34.0 Å². The van der Waals surface area contributed by atoms with E-state index in [1.807, 2.05) is 44.2 Å². The monoisotopic (exact) mass is 332 g/mol. The molecule has 0 aliphatic heterocycles. The lowest BCUT2D eigenvalue weighted by molar-refractivity contribution is -0.119. The average Bonchev–Trinajstić information content (AvgIpc) is 2.94. The van der Waals surface area contributed by atoms with Gasteiger partial charge in [0, 0.05) is 23.1 Å². The van der Waals surface area contributed by atoms with Crippen molar-refractivity contribution in [2.24, 2.45) is 5.92 Å². The first-order valence-corrected chi connectivity index (χ1v) is 8.13. The summed E-state index contributed by atoms with van der Waals surface area (Å²) in [5, 5.41) is 1.45. The third-order valence-corrected chi connectivity index (χ3v) is 4.10. The van der Waals surface area contributed by atoms with Crippen molar-refractivity contribution in [2.45, 2.75) is 20.3 Å². The Hall–Kier alpha value is -1.83. The molecule has 0 bridgehead atoms. The predicted octanol–water partition coefficient (Wildman–Crippen LogP) is 4.48. The van der Waals surface area contributed by atoms with Gasteiger partial charge >= 0.3 is 0 Å². The fourth-order valence-corrected chi connectivity index (χ4v) is 2.89. The van der Waals surface area contributed by atoms with Crippen LogP contribution in [0.1, 0.15) is 20.3 Å². The number of terminal acetylenes is 1. The van der Waals surface area contributed by atoms with Crippen LogP contribution < -0.4 is 4.90 Å². The molecule has 0 aliphatic carbocycles. The van der Waals surface area contributed by atoms with E-state index in [1.165, 1.54) is 11.5 Å². The second-order valence-electron chi connectivity index (χ2n) is 5.34. The van der Waals surface area contributed by atoms with Gasteiger partial charge in [-0.25, -0.2) is 0 Å². The maximum absolute atomic E-state index is 12.3. The molecule has 0 unspecified atom stereocenters. The van der Waals surface area contributed by atoms with Crippen LogP contribution in [-0.2, 0) is 4.79 Å². The Kier molecular flexibility index (Phi) is 5.59. The van der Waals surface area contributed by atoms with Crippen LogP contribution in [0, 0.1) is 18.3 Å². The van der Waals surface area contributed by atoms with Crippen LogP contribution in [0.3, 0.4) is 0 Å². The molecule has 0 saturated heterocycles. The van der Waals surface area contributed by atoms with E-state index >= 15 is 0 Å². The normalized spacial score (nSPS) is 10.5. The average molecular weight is 333 g/mol. The quantitative estimate of drug-likeness (QED) is 0.756. The highest BCUT2D eigenvalue weighted by Gasteiger charge is 2.19. The smallest absolute Gasteiger partial charge is 0.228 e. The zero-order valence-electron chi connectivity index (χ0n) is 12.5. The Bertz CT molecular complexity index is 685. The van der Waals surface area contributed by atoms with Crippen molar-refractivity contribution < 1.29 is 4.79 Å². The van der Waals surface area contributed by atoms with E-state index in [2.05, 4.69) is 10.3 Å². The number of amides is 1. The molecule has 2 rings (SSSR count). The number of carbonyl (C=O) groups is 1. The number of benzene rings is 1. The number of nitrogens with zero attached hydrogens (tertiary/aromatic N) is 2. The van der Waals surface area contributed by atoms with E-state index in [9.17, 15) is 4.79 Å². The number of aromatic nitrogens is 1. The lowest BCUT2D eigenvalue weighted by atomic mass is 10.1. The summed E-state index contributed by atoms with van der Waals surface area (Å²) in [6, 6.07) is 9.34. The van der Waals surface area contributed by atoms with Gasteiger partial charge in [-0.15, -0.1) is 6.42 Å². The highest BCUT2D eigenvalue weighted by atomic mass is 35.5. The van der Waals surface area contributed by atoms with Gasteiger partial charge in [-0.1, -0.05) is 43.5 Å². The minimum absolute atomic E-state index is 0.0271. The zero-order valence-corrected chi connectivity index (χ0v) is 14.1. The SMILES string of the molecule is C#CCN(C(=O)CC(C)C)c1cc(-c2ccc(Cl)cc2)ns1. The van der Waals surface area contributed by atoms with Crippen molar-refractivity contribution in [2.75, 3.05) is 11.4 Å². The summed E-state index contributed by atoms with van der Waals surface area (Å²) in [5.41, 5.74) is 1.78. The van der Waals surface area contributed by atoms with Gasteiger partial charge in [-0.3, -0.25) is 9.69 Å². The molecule has 1 aromatic carbocycles. The largest absolute Gasteiger partial charge is 0.291 e. The third kappa shape index (κ3) is 4.09. The molecule has 114 valence electrons. The Morgan fingerprint density at radius 3 is 2.68 bits per heavy atom. The molecular weight excluding hydrogens is 316 g/mol. The first-order chi connectivity index (χ1) is 10.5. The fraction of sp³-hybridized carbons (Fsp3) is 0.294.